The second-order valence-corrected chi connectivity index (χ2v) is 4.28. The first kappa shape index (κ1) is 9.71. The minimum atomic E-state index is 0.420. The second kappa shape index (κ2) is 3.73. The van der Waals surface area contributed by atoms with E-state index in [9.17, 15) is 0 Å². The Morgan fingerprint density at radius 2 is 2.50 bits per heavy atom. The summed E-state index contributed by atoms with van der Waals surface area (Å²) in [6.07, 6.45) is 4.51. The highest BCUT2D eigenvalue weighted by Gasteiger charge is 2.36. The van der Waals surface area contributed by atoms with Gasteiger partial charge in [0, 0.05) is 25.3 Å². The molecular weight excluding hydrogens is 174 g/mol. The second-order valence-electron chi connectivity index (χ2n) is 4.28. The lowest BCUT2D eigenvalue weighted by Gasteiger charge is -2.13. The molecule has 1 aromatic heterocycles. The molecule has 3 heteroatoms. The smallest absolute Gasteiger partial charge is 0.0547 e. The number of aromatic nitrogens is 2. The van der Waals surface area contributed by atoms with Gasteiger partial charge < -0.3 is 5.32 Å². The third-order valence-electron chi connectivity index (χ3n) is 3.21. The van der Waals surface area contributed by atoms with E-state index in [0.717, 1.165) is 12.0 Å². The Hall–Kier alpha value is -0.830. The Labute approximate surface area is 85.5 Å². The van der Waals surface area contributed by atoms with Crippen molar-refractivity contribution >= 4 is 0 Å². The summed E-state index contributed by atoms with van der Waals surface area (Å²) in [4.78, 5) is 0. The van der Waals surface area contributed by atoms with Crippen molar-refractivity contribution in [1.29, 1.82) is 0 Å². The maximum atomic E-state index is 4.18. The highest BCUT2D eigenvalue weighted by Crippen LogP contribution is 2.34. The molecule has 0 spiro atoms. The molecule has 0 aromatic carbocycles. The van der Waals surface area contributed by atoms with Crippen LogP contribution < -0.4 is 5.32 Å². The molecule has 0 aliphatic heterocycles. The van der Waals surface area contributed by atoms with Gasteiger partial charge >= 0.3 is 0 Å². The van der Waals surface area contributed by atoms with Gasteiger partial charge in [-0.1, -0.05) is 13.3 Å². The molecule has 0 amide bonds. The molecule has 3 atom stereocenters. The highest BCUT2D eigenvalue weighted by molar-refractivity contribution is 5.07. The first-order valence-electron chi connectivity index (χ1n) is 5.46. The molecule has 1 saturated carbocycles. The van der Waals surface area contributed by atoms with Crippen molar-refractivity contribution in [3.8, 4) is 0 Å². The van der Waals surface area contributed by atoms with Crippen LogP contribution in [0.4, 0.5) is 0 Å². The number of rotatable bonds is 4. The predicted molar refractivity (Wildman–Crippen MR) is 56.9 cm³/mol. The van der Waals surface area contributed by atoms with Crippen molar-refractivity contribution in [2.24, 2.45) is 13.0 Å². The van der Waals surface area contributed by atoms with Gasteiger partial charge in [0.1, 0.15) is 0 Å². The van der Waals surface area contributed by atoms with Gasteiger partial charge in [-0.2, -0.15) is 5.10 Å². The largest absolute Gasteiger partial charge is 0.306 e. The quantitative estimate of drug-likeness (QED) is 0.791. The number of nitrogens with zero attached hydrogens (tertiary/aromatic N) is 2. The zero-order valence-electron chi connectivity index (χ0n) is 9.20. The van der Waals surface area contributed by atoms with Crippen LogP contribution in [0.2, 0.25) is 0 Å². The summed E-state index contributed by atoms with van der Waals surface area (Å²) in [5.41, 5.74) is 1.27. The summed E-state index contributed by atoms with van der Waals surface area (Å²) in [6.45, 7) is 4.48. The predicted octanol–water partition coefficient (Wildman–Crippen LogP) is 1.87. The van der Waals surface area contributed by atoms with Crippen molar-refractivity contribution < 1.29 is 0 Å². The Balaban J connectivity index is 1.91. The van der Waals surface area contributed by atoms with Crippen LogP contribution in [0, 0.1) is 5.92 Å². The van der Waals surface area contributed by atoms with Gasteiger partial charge in [0.15, 0.2) is 0 Å². The van der Waals surface area contributed by atoms with E-state index >= 15 is 0 Å². The molecular formula is C11H19N3. The molecule has 1 aliphatic rings. The molecule has 14 heavy (non-hydrogen) atoms. The molecule has 0 saturated heterocycles. The van der Waals surface area contributed by atoms with E-state index in [2.05, 4.69) is 30.3 Å². The Bertz CT molecular complexity index is 305. The molecule has 1 fully saturated rings. The number of hydrogen-bond acceptors (Lipinski definition) is 2. The monoisotopic (exact) mass is 193 g/mol. The van der Waals surface area contributed by atoms with Crippen LogP contribution in [-0.4, -0.2) is 15.8 Å². The van der Waals surface area contributed by atoms with E-state index in [-0.39, 0.29) is 0 Å². The number of hydrogen-bond donors (Lipinski definition) is 1. The number of nitrogens with one attached hydrogen (secondary N) is 1. The fourth-order valence-corrected chi connectivity index (χ4v) is 2.12. The first-order valence-corrected chi connectivity index (χ1v) is 5.46. The molecule has 78 valence electrons. The zero-order valence-corrected chi connectivity index (χ0v) is 9.20. The van der Waals surface area contributed by atoms with Crippen molar-refractivity contribution in [2.75, 3.05) is 0 Å². The SMILES string of the molecule is CCC1CC1NC(C)c1ccnn1C. The zero-order chi connectivity index (χ0) is 10.1. The molecule has 1 heterocycles. The van der Waals surface area contributed by atoms with E-state index < -0.39 is 0 Å². The summed E-state index contributed by atoms with van der Waals surface area (Å²) in [7, 11) is 2.00. The lowest BCUT2D eigenvalue weighted by Crippen LogP contribution is -2.24. The van der Waals surface area contributed by atoms with Gasteiger partial charge in [0.05, 0.1) is 5.69 Å². The third kappa shape index (κ3) is 1.82. The minimum Gasteiger partial charge on any atom is -0.306 e. The Morgan fingerprint density at radius 3 is 3.00 bits per heavy atom. The fourth-order valence-electron chi connectivity index (χ4n) is 2.12. The maximum Gasteiger partial charge on any atom is 0.0547 e. The minimum absolute atomic E-state index is 0.420. The lowest BCUT2D eigenvalue weighted by molar-refractivity contribution is 0.506. The lowest BCUT2D eigenvalue weighted by atomic mass is 10.2. The van der Waals surface area contributed by atoms with Gasteiger partial charge in [-0.25, -0.2) is 0 Å². The van der Waals surface area contributed by atoms with Crippen LogP contribution in [0.25, 0.3) is 0 Å². The van der Waals surface area contributed by atoms with Crippen LogP contribution in [0.15, 0.2) is 12.3 Å². The van der Waals surface area contributed by atoms with Crippen LogP contribution in [0.5, 0.6) is 0 Å². The summed E-state index contributed by atoms with van der Waals surface area (Å²) in [6, 6.07) is 3.25. The molecule has 1 aliphatic carbocycles. The van der Waals surface area contributed by atoms with Gasteiger partial charge in [0.2, 0.25) is 0 Å². The van der Waals surface area contributed by atoms with Crippen molar-refractivity contribution in [2.45, 2.75) is 38.8 Å². The standard InChI is InChI=1S/C11H19N3/c1-4-9-7-10(9)13-8(2)11-5-6-12-14(11)3/h5-6,8-10,13H,4,7H2,1-3H3. The highest BCUT2D eigenvalue weighted by atomic mass is 15.3. The molecule has 3 nitrogen and oxygen atoms in total. The Morgan fingerprint density at radius 1 is 1.71 bits per heavy atom. The topological polar surface area (TPSA) is 29.9 Å². The summed E-state index contributed by atoms with van der Waals surface area (Å²) in [5, 5.41) is 7.82. The van der Waals surface area contributed by atoms with Gasteiger partial charge in [-0.05, 0) is 25.3 Å². The summed E-state index contributed by atoms with van der Waals surface area (Å²) in [5.74, 6) is 0.908. The third-order valence-corrected chi connectivity index (χ3v) is 3.21. The van der Waals surface area contributed by atoms with E-state index in [1.165, 1.54) is 18.5 Å². The fraction of sp³-hybridized carbons (Fsp3) is 0.727. The van der Waals surface area contributed by atoms with Crippen molar-refractivity contribution in [3.05, 3.63) is 18.0 Å². The van der Waals surface area contributed by atoms with E-state index in [1.807, 2.05) is 17.9 Å². The normalized spacial score (nSPS) is 27.6. The van der Waals surface area contributed by atoms with Crippen molar-refractivity contribution in [3.63, 3.8) is 0 Å². The van der Waals surface area contributed by atoms with E-state index in [4.69, 9.17) is 0 Å². The van der Waals surface area contributed by atoms with Crippen LogP contribution in [0.1, 0.15) is 38.4 Å². The molecule has 2 rings (SSSR count). The Kier molecular flexibility index (Phi) is 2.59. The molecule has 1 N–H and O–H groups in total. The molecule has 3 unspecified atom stereocenters. The maximum absolute atomic E-state index is 4.18. The molecule has 1 aromatic rings. The van der Waals surface area contributed by atoms with E-state index in [0.29, 0.717) is 6.04 Å². The van der Waals surface area contributed by atoms with Gasteiger partial charge in [-0.3, -0.25) is 4.68 Å². The van der Waals surface area contributed by atoms with Crippen LogP contribution >= 0.6 is 0 Å². The van der Waals surface area contributed by atoms with Gasteiger partial charge in [0.25, 0.3) is 0 Å². The molecule has 0 bridgehead atoms. The average molecular weight is 193 g/mol. The van der Waals surface area contributed by atoms with Crippen LogP contribution in [0.3, 0.4) is 0 Å². The van der Waals surface area contributed by atoms with E-state index in [1.54, 1.807) is 0 Å². The average Bonchev–Trinajstić information content (AvgIpc) is 2.77. The summed E-state index contributed by atoms with van der Waals surface area (Å²) < 4.78 is 1.95. The van der Waals surface area contributed by atoms with Crippen LogP contribution in [-0.2, 0) is 7.05 Å². The summed E-state index contributed by atoms with van der Waals surface area (Å²) >= 11 is 0. The number of aryl methyl sites for hydroxylation is 1. The first-order chi connectivity index (χ1) is 6.72. The molecule has 0 radical (unpaired) electrons. The van der Waals surface area contributed by atoms with Crippen molar-refractivity contribution in [1.82, 2.24) is 15.1 Å². The van der Waals surface area contributed by atoms with Gasteiger partial charge in [-0.15, -0.1) is 0 Å².